The number of methoxy groups -OCH3 is 1. The molecule has 0 amide bonds. The Hall–Kier alpha value is -2.22. The third-order valence-electron chi connectivity index (χ3n) is 2.65. The minimum absolute atomic E-state index is 0.0396. The van der Waals surface area contributed by atoms with Crippen molar-refractivity contribution in [2.45, 2.75) is 39.2 Å². The lowest BCUT2D eigenvalue weighted by Crippen LogP contribution is -2.33. The van der Waals surface area contributed by atoms with Crippen LogP contribution in [0.3, 0.4) is 0 Å². The van der Waals surface area contributed by atoms with E-state index in [9.17, 15) is 14.4 Å². The lowest BCUT2D eigenvalue weighted by atomic mass is 9.97. The maximum Gasteiger partial charge on any atom is 0.358 e. The number of esters is 3. The summed E-state index contributed by atoms with van der Waals surface area (Å²) in [5.41, 5.74) is -1.25. The van der Waals surface area contributed by atoms with Gasteiger partial charge in [-0.05, 0) is 33.8 Å². The first-order valence-corrected chi connectivity index (χ1v) is 7.49. The van der Waals surface area contributed by atoms with Crippen LogP contribution >= 0.6 is 11.6 Å². The standard InChI is InChI=1S/C15H19ClN2O6/c1-6-23-12(19)10(13(20)24-15(2,3)4)8-7-9(16)17-18-11(8)14(21)22-5/h7,10H,6H2,1-5H3. The predicted molar refractivity (Wildman–Crippen MR) is 83.6 cm³/mol. The summed E-state index contributed by atoms with van der Waals surface area (Å²) >= 11 is 5.80. The molecule has 1 aromatic rings. The van der Waals surface area contributed by atoms with Gasteiger partial charge in [0.05, 0.1) is 13.7 Å². The fourth-order valence-corrected chi connectivity index (χ4v) is 1.95. The molecule has 0 radical (unpaired) electrons. The van der Waals surface area contributed by atoms with Crippen LogP contribution in [0.15, 0.2) is 6.07 Å². The second kappa shape index (κ2) is 8.05. The minimum atomic E-state index is -1.54. The average molecular weight is 359 g/mol. The molecule has 0 saturated carbocycles. The number of nitrogens with zero attached hydrogens (tertiary/aromatic N) is 2. The molecule has 0 aliphatic heterocycles. The second-order valence-electron chi connectivity index (χ2n) is 5.68. The number of aromatic nitrogens is 2. The normalized spacial score (nSPS) is 12.2. The highest BCUT2D eigenvalue weighted by atomic mass is 35.5. The molecule has 0 bridgehead atoms. The molecule has 0 saturated heterocycles. The third kappa shape index (κ3) is 5.16. The number of rotatable bonds is 5. The number of halogens is 1. The highest BCUT2D eigenvalue weighted by Gasteiger charge is 2.38. The van der Waals surface area contributed by atoms with Crippen LogP contribution in [0, 0.1) is 0 Å². The summed E-state index contributed by atoms with van der Waals surface area (Å²) in [5, 5.41) is 7.06. The van der Waals surface area contributed by atoms with E-state index >= 15 is 0 Å². The highest BCUT2D eigenvalue weighted by Crippen LogP contribution is 2.26. The van der Waals surface area contributed by atoms with Gasteiger partial charge in [-0.1, -0.05) is 11.6 Å². The van der Waals surface area contributed by atoms with Gasteiger partial charge in [-0.15, -0.1) is 10.2 Å². The number of hydrogen-bond donors (Lipinski definition) is 0. The third-order valence-corrected chi connectivity index (χ3v) is 2.83. The average Bonchev–Trinajstić information content (AvgIpc) is 2.45. The summed E-state index contributed by atoms with van der Waals surface area (Å²) < 4.78 is 14.8. The maximum absolute atomic E-state index is 12.5. The number of carbonyl (C=O) groups is 3. The van der Waals surface area contributed by atoms with Crippen molar-refractivity contribution in [1.82, 2.24) is 10.2 Å². The van der Waals surface area contributed by atoms with Crippen LogP contribution in [0.5, 0.6) is 0 Å². The van der Waals surface area contributed by atoms with Crippen molar-refractivity contribution in [3.05, 3.63) is 22.5 Å². The molecule has 0 aliphatic rings. The van der Waals surface area contributed by atoms with E-state index in [-0.39, 0.29) is 23.0 Å². The van der Waals surface area contributed by atoms with Crippen molar-refractivity contribution >= 4 is 29.5 Å². The SMILES string of the molecule is CCOC(=O)C(C(=O)OC(C)(C)C)c1cc(Cl)nnc1C(=O)OC. The second-order valence-corrected chi connectivity index (χ2v) is 6.07. The molecule has 1 atom stereocenters. The quantitative estimate of drug-likeness (QED) is 0.446. The molecular formula is C15H19ClN2O6. The molecule has 24 heavy (non-hydrogen) atoms. The molecule has 0 aromatic carbocycles. The van der Waals surface area contributed by atoms with Gasteiger partial charge in [-0.3, -0.25) is 9.59 Å². The summed E-state index contributed by atoms with van der Waals surface area (Å²) in [7, 11) is 1.13. The van der Waals surface area contributed by atoms with E-state index in [2.05, 4.69) is 14.9 Å². The van der Waals surface area contributed by atoms with Crippen LogP contribution in [-0.2, 0) is 23.8 Å². The van der Waals surface area contributed by atoms with Gasteiger partial charge < -0.3 is 14.2 Å². The topological polar surface area (TPSA) is 105 Å². The first-order chi connectivity index (χ1) is 11.1. The first kappa shape index (κ1) is 19.8. The van der Waals surface area contributed by atoms with Crippen molar-refractivity contribution in [1.29, 1.82) is 0 Å². The highest BCUT2D eigenvalue weighted by molar-refractivity contribution is 6.29. The van der Waals surface area contributed by atoms with Crippen LogP contribution in [0.4, 0.5) is 0 Å². The summed E-state index contributed by atoms with van der Waals surface area (Å²) in [6, 6.07) is 1.19. The molecule has 8 nitrogen and oxygen atoms in total. The molecule has 132 valence electrons. The Morgan fingerprint density at radius 1 is 1.21 bits per heavy atom. The molecule has 0 N–H and O–H groups in total. The van der Waals surface area contributed by atoms with Gasteiger partial charge >= 0.3 is 17.9 Å². The monoisotopic (exact) mass is 358 g/mol. The molecule has 1 heterocycles. The lowest BCUT2D eigenvalue weighted by molar-refractivity contribution is -0.164. The molecule has 1 unspecified atom stereocenters. The van der Waals surface area contributed by atoms with Gasteiger partial charge in [0.1, 0.15) is 5.60 Å². The zero-order chi connectivity index (χ0) is 18.5. The fourth-order valence-electron chi connectivity index (χ4n) is 1.79. The van der Waals surface area contributed by atoms with E-state index in [0.717, 1.165) is 7.11 Å². The van der Waals surface area contributed by atoms with Gasteiger partial charge in [0, 0.05) is 5.56 Å². The van der Waals surface area contributed by atoms with Crippen molar-refractivity contribution in [3.8, 4) is 0 Å². The van der Waals surface area contributed by atoms with Crippen LogP contribution < -0.4 is 0 Å². The van der Waals surface area contributed by atoms with E-state index in [1.165, 1.54) is 6.07 Å². The molecule has 1 rings (SSSR count). The smallest absolute Gasteiger partial charge is 0.358 e. The summed E-state index contributed by atoms with van der Waals surface area (Å²) in [4.78, 5) is 36.6. The van der Waals surface area contributed by atoms with Gasteiger partial charge in [0.15, 0.2) is 16.8 Å². The summed E-state index contributed by atoms with van der Waals surface area (Å²) in [6.45, 7) is 6.56. The zero-order valence-electron chi connectivity index (χ0n) is 14.1. The molecule has 0 spiro atoms. The van der Waals surface area contributed by atoms with Crippen LogP contribution in [-0.4, -0.2) is 47.4 Å². The van der Waals surface area contributed by atoms with Gasteiger partial charge in [-0.25, -0.2) is 4.79 Å². The number of hydrogen-bond acceptors (Lipinski definition) is 8. The van der Waals surface area contributed by atoms with E-state index in [1.807, 2.05) is 0 Å². The Morgan fingerprint density at radius 3 is 2.33 bits per heavy atom. The summed E-state index contributed by atoms with van der Waals surface area (Å²) in [5.74, 6) is -4.19. The Morgan fingerprint density at radius 2 is 1.83 bits per heavy atom. The summed E-state index contributed by atoms with van der Waals surface area (Å²) in [6.07, 6.45) is 0. The Balaban J connectivity index is 3.44. The van der Waals surface area contributed by atoms with E-state index in [1.54, 1.807) is 27.7 Å². The minimum Gasteiger partial charge on any atom is -0.465 e. The van der Waals surface area contributed by atoms with E-state index in [0.29, 0.717) is 0 Å². The Bertz CT molecular complexity index is 641. The Kier molecular flexibility index (Phi) is 6.65. The number of ether oxygens (including phenoxy) is 3. The first-order valence-electron chi connectivity index (χ1n) is 7.11. The molecular weight excluding hydrogens is 340 g/mol. The van der Waals surface area contributed by atoms with E-state index in [4.69, 9.17) is 21.1 Å². The molecule has 1 aromatic heterocycles. The Labute approximate surface area is 144 Å². The fraction of sp³-hybridized carbons (Fsp3) is 0.533. The number of carbonyl (C=O) groups excluding carboxylic acids is 3. The van der Waals surface area contributed by atoms with E-state index < -0.39 is 29.4 Å². The van der Waals surface area contributed by atoms with Crippen LogP contribution in [0.2, 0.25) is 5.15 Å². The van der Waals surface area contributed by atoms with Crippen LogP contribution in [0.25, 0.3) is 0 Å². The van der Waals surface area contributed by atoms with Crippen molar-refractivity contribution in [3.63, 3.8) is 0 Å². The van der Waals surface area contributed by atoms with Crippen molar-refractivity contribution < 1.29 is 28.6 Å². The van der Waals surface area contributed by atoms with Gasteiger partial charge in [0.25, 0.3) is 0 Å². The largest absolute Gasteiger partial charge is 0.465 e. The maximum atomic E-state index is 12.5. The van der Waals surface area contributed by atoms with Gasteiger partial charge in [0.2, 0.25) is 0 Å². The van der Waals surface area contributed by atoms with Crippen molar-refractivity contribution in [2.75, 3.05) is 13.7 Å². The predicted octanol–water partition coefficient (Wildman–Crippen LogP) is 1.90. The molecule has 0 fully saturated rings. The molecule has 0 aliphatic carbocycles. The lowest BCUT2D eigenvalue weighted by Gasteiger charge is -2.23. The van der Waals surface area contributed by atoms with Gasteiger partial charge in [-0.2, -0.15) is 0 Å². The van der Waals surface area contributed by atoms with Crippen molar-refractivity contribution in [2.24, 2.45) is 0 Å². The van der Waals surface area contributed by atoms with Crippen LogP contribution in [0.1, 0.15) is 49.7 Å². The molecule has 9 heteroatoms. The zero-order valence-corrected chi connectivity index (χ0v) is 14.8.